The third-order valence-corrected chi connectivity index (χ3v) is 3.75. The van der Waals surface area contributed by atoms with E-state index < -0.39 is 11.7 Å². The van der Waals surface area contributed by atoms with Crippen LogP contribution in [0.15, 0.2) is 18.2 Å². The lowest BCUT2D eigenvalue weighted by Gasteiger charge is -2.18. The molecular formula is C13H14F3N3. The van der Waals surface area contributed by atoms with E-state index in [1.54, 1.807) is 0 Å². The Kier molecular flexibility index (Phi) is 2.60. The summed E-state index contributed by atoms with van der Waals surface area (Å²) >= 11 is 0. The minimum absolute atomic E-state index is 0.128. The van der Waals surface area contributed by atoms with E-state index in [-0.39, 0.29) is 5.41 Å². The topological polar surface area (TPSA) is 40.7 Å². The van der Waals surface area contributed by atoms with Crippen LogP contribution in [-0.2, 0) is 11.6 Å². The Morgan fingerprint density at radius 2 is 2.11 bits per heavy atom. The molecule has 102 valence electrons. The first-order chi connectivity index (χ1) is 8.88. The fourth-order valence-electron chi connectivity index (χ4n) is 2.49. The third-order valence-electron chi connectivity index (χ3n) is 3.75. The van der Waals surface area contributed by atoms with E-state index >= 15 is 0 Å². The average molecular weight is 269 g/mol. The standard InChI is InChI=1S/C13H14F3N3/c1-12(4-5-17-7-12)11-18-9-3-2-8(13(14,15)16)6-10(9)19-11/h2-3,6,17H,4-5,7H2,1H3,(H,18,19). The van der Waals surface area contributed by atoms with Gasteiger partial charge in [-0.15, -0.1) is 0 Å². The maximum absolute atomic E-state index is 12.7. The van der Waals surface area contributed by atoms with E-state index in [4.69, 9.17) is 0 Å². The van der Waals surface area contributed by atoms with E-state index in [1.165, 1.54) is 6.07 Å². The summed E-state index contributed by atoms with van der Waals surface area (Å²) in [7, 11) is 0. The van der Waals surface area contributed by atoms with Gasteiger partial charge in [0, 0.05) is 12.0 Å². The molecule has 3 rings (SSSR count). The van der Waals surface area contributed by atoms with Crippen molar-refractivity contribution in [2.24, 2.45) is 0 Å². The summed E-state index contributed by atoms with van der Waals surface area (Å²) < 4.78 is 38.0. The van der Waals surface area contributed by atoms with Gasteiger partial charge in [0.1, 0.15) is 5.82 Å². The Labute approximate surface area is 108 Å². The van der Waals surface area contributed by atoms with Crippen LogP contribution >= 0.6 is 0 Å². The number of rotatable bonds is 1. The van der Waals surface area contributed by atoms with Crippen molar-refractivity contribution in [2.45, 2.75) is 24.9 Å². The predicted molar refractivity (Wildman–Crippen MR) is 65.9 cm³/mol. The van der Waals surface area contributed by atoms with E-state index in [1.807, 2.05) is 0 Å². The molecule has 0 aliphatic carbocycles. The van der Waals surface area contributed by atoms with Crippen molar-refractivity contribution in [3.05, 3.63) is 29.6 Å². The van der Waals surface area contributed by atoms with Crippen molar-refractivity contribution in [3.8, 4) is 0 Å². The number of nitrogens with one attached hydrogen (secondary N) is 2. The predicted octanol–water partition coefficient (Wildman–Crippen LogP) is 2.83. The second-order valence-corrected chi connectivity index (χ2v) is 5.30. The molecule has 1 fully saturated rings. The minimum atomic E-state index is -4.32. The lowest BCUT2D eigenvalue weighted by Crippen LogP contribution is -2.26. The van der Waals surface area contributed by atoms with Gasteiger partial charge in [0.25, 0.3) is 0 Å². The number of aromatic nitrogens is 2. The van der Waals surface area contributed by atoms with Gasteiger partial charge in [-0.05, 0) is 31.2 Å². The second-order valence-electron chi connectivity index (χ2n) is 5.30. The van der Waals surface area contributed by atoms with Gasteiger partial charge in [-0.1, -0.05) is 6.92 Å². The fraction of sp³-hybridized carbons (Fsp3) is 0.462. The summed E-state index contributed by atoms with van der Waals surface area (Å²) in [6.45, 7) is 3.76. The van der Waals surface area contributed by atoms with E-state index in [2.05, 4.69) is 22.2 Å². The Hall–Kier alpha value is -1.56. The van der Waals surface area contributed by atoms with Crippen molar-refractivity contribution in [3.63, 3.8) is 0 Å². The number of H-pyrrole nitrogens is 1. The molecule has 1 aromatic carbocycles. The number of imidazole rings is 1. The molecule has 1 atom stereocenters. The molecule has 1 aromatic heterocycles. The van der Waals surface area contributed by atoms with Gasteiger partial charge in [0.2, 0.25) is 0 Å². The first kappa shape index (κ1) is 12.5. The monoisotopic (exact) mass is 269 g/mol. The number of fused-ring (bicyclic) bond motifs is 1. The molecule has 0 amide bonds. The normalized spacial score (nSPS) is 24.2. The Morgan fingerprint density at radius 3 is 2.74 bits per heavy atom. The van der Waals surface area contributed by atoms with E-state index in [9.17, 15) is 13.2 Å². The molecule has 1 aliphatic rings. The van der Waals surface area contributed by atoms with Gasteiger partial charge in [0.05, 0.1) is 16.6 Å². The van der Waals surface area contributed by atoms with Crippen LogP contribution in [0.5, 0.6) is 0 Å². The molecule has 0 saturated carbocycles. The minimum Gasteiger partial charge on any atom is -0.341 e. The molecule has 0 bridgehead atoms. The number of aromatic amines is 1. The van der Waals surface area contributed by atoms with Crippen LogP contribution in [0.25, 0.3) is 11.0 Å². The van der Waals surface area contributed by atoms with Gasteiger partial charge in [-0.25, -0.2) is 4.98 Å². The molecule has 2 heterocycles. The summed E-state index contributed by atoms with van der Waals surface area (Å²) in [6, 6.07) is 3.61. The first-order valence-corrected chi connectivity index (χ1v) is 6.17. The summed E-state index contributed by atoms with van der Waals surface area (Å²) in [5.41, 5.74) is 0.246. The highest BCUT2D eigenvalue weighted by atomic mass is 19.4. The van der Waals surface area contributed by atoms with Crippen molar-refractivity contribution in [2.75, 3.05) is 13.1 Å². The van der Waals surface area contributed by atoms with Crippen molar-refractivity contribution in [1.29, 1.82) is 0 Å². The highest BCUT2D eigenvalue weighted by Gasteiger charge is 2.34. The van der Waals surface area contributed by atoms with Crippen LogP contribution in [-0.4, -0.2) is 23.1 Å². The highest BCUT2D eigenvalue weighted by Crippen LogP contribution is 2.33. The van der Waals surface area contributed by atoms with Crippen LogP contribution in [0.1, 0.15) is 24.7 Å². The smallest absolute Gasteiger partial charge is 0.341 e. The molecule has 2 N–H and O–H groups in total. The summed E-state index contributed by atoms with van der Waals surface area (Å²) in [5, 5.41) is 3.25. The van der Waals surface area contributed by atoms with Gasteiger partial charge in [-0.2, -0.15) is 13.2 Å². The van der Waals surface area contributed by atoms with Crippen LogP contribution in [0.2, 0.25) is 0 Å². The van der Waals surface area contributed by atoms with Crippen LogP contribution in [0.3, 0.4) is 0 Å². The number of nitrogens with zero attached hydrogens (tertiary/aromatic N) is 1. The summed E-state index contributed by atoms with van der Waals surface area (Å²) in [5.74, 6) is 0.756. The maximum atomic E-state index is 12.7. The molecular weight excluding hydrogens is 255 g/mol. The van der Waals surface area contributed by atoms with Crippen molar-refractivity contribution >= 4 is 11.0 Å². The third kappa shape index (κ3) is 2.10. The number of benzene rings is 1. The maximum Gasteiger partial charge on any atom is 0.416 e. The molecule has 3 nitrogen and oxygen atoms in total. The van der Waals surface area contributed by atoms with Crippen LogP contribution in [0.4, 0.5) is 13.2 Å². The van der Waals surface area contributed by atoms with E-state index in [0.29, 0.717) is 11.0 Å². The van der Waals surface area contributed by atoms with Gasteiger partial charge in [0.15, 0.2) is 0 Å². The van der Waals surface area contributed by atoms with E-state index in [0.717, 1.165) is 37.5 Å². The van der Waals surface area contributed by atoms with Crippen molar-refractivity contribution < 1.29 is 13.2 Å². The Balaban J connectivity index is 2.06. The Morgan fingerprint density at radius 1 is 1.32 bits per heavy atom. The number of alkyl halides is 3. The lowest BCUT2D eigenvalue weighted by molar-refractivity contribution is -0.137. The second kappa shape index (κ2) is 3.96. The molecule has 1 unspecified atom stereocenters. The molecule has 0 radical (unpaired) electrons. The molecule has 2 aromatic rings. The van der Waals surface area contributed by atoms with Crippen LogP contribution < -0.4 is 5.32 Å². The summed E-state index contributed by atoms with van der Waals surface area (Å²) in [4.78, 5) is 7.47. The zero-order valence-corrected chi connectivity index (χ0v) is 10.4. The molecule has 0 spiro atoms. The zero-order chi connectivity index (χ0) is 13.7. The van der Waals surface area contributed by atoms with Gasteiger partial charge < -0.3 is 10.3 Å². The first-order valence-electron chi connectivity index (χ1n) is 6.17. The number of hydrogen-bond acceptors (Lipinski definition) is 2. The number of halogens is 3. The average Bonchev–Trinajstić information content (AvgIpc) is 2.93. The molecule has 19 heavy (non-hydrogen) atoms. The molecule has 6 heteroatoms. The van der Waals surface area contributed by atoms with Gasteiger partial charge in [-0.3, -0.25) is 0 Å². The zero-order valence-electron chi connectivity index (χ0n) is 10.4. The Bertz CT molecular complexity index is 609. The number of hydrogen-bond donors (Lipinski definition) is 2. The lowest BCUT2D eigenvalue weighted by atomic mass is 9.89. The molecule has 1 saturated heterocycles. The summed E-state index contributed by atoms with van der Waals surface area (Å²) in [6.07, 6.45) is -3.39. The van der Waals surface area contributed by atoms with Crippen molar-refractivity contribution in [1.82, 2.24) is 15.3 Å². The molecule has 1 aliphatic heterocycles. The quantitative estimate of drug-likeness (QED) is 0.835. The highest BCUT2D eigenvalue weighted by molar-refractivity contribution is 5.76. The SMILES string of the molecule is CC1(c2nc3ccc(C(F)(F)F)cc3[nH]2)CCNC1. The van der Waals surface area contributed by atoms with Crippen LogP contribution in [0, 0.1) is 0 Å². The largest absolute Gasteiger partial charge is 0.416 e. The fourth-order valence-corrected chi connectivity index (χ4v) is 2.49. The van der Waals surface area contributed by atoms with Gasteiger partial charge >= 0.3 is 6.18 Å².